The van der Waals surface area contributed by atoms with E-state index in [-0.39, 0.29) is 12.2 Å². The first-order valence-electron chi connectivity index (χ1n) is 8.60. The smallest absolute Gasteiger partial charge is 0.0828 e. The van der Waals surface area contributed by atoms with E-state index in [0.717, 1.165) is 25.7 Å². The van der Waals surface area contributed by atoms with Crippen molar-refractivity contribution in [1.82, 2.24) is 0 Å². The van der Waals surface area contributed by atoms with Crippen LogP contribution in [0.25, 0.3) is 0 Å². The van der Waals surface area contributed by atoms with Gasteiger partial charge in [-0.05, 0) is 49.3 Å². The average Bonchev–Trinajstić information content (AvgIpc) is 2.59. The zero-order valence-corrected chi connectivity index (χ0v) is 14.4. The molecule has 1 heteroatoms. The lowest BCUT2D eigenvalue weighted by atomic mass is 10.0. The predicted octanol–water partition coefficient (Wildman–Crippen LogP) is 6.04. The Labute approximate surface area is 141 Å². The summed E-state index contributed by atoms with van der Waals surface area (Å²) in [4.78, 5) is 0. The van der Waals surface area contributed by atoms with Crippen LogP contribution >= 0.6 is 0 Å². The number of hydrogen-bond acceptors (Lipinski definition) is 1. The quantitative estimate of drug-likeness (QED) is 0.513. The molecule has 0 unspecified atom stereocenters. The zero-order valence-electron chi connectivity index (χ0n) is 14.4. The van der Waals surface area contributed by atoms with Crippen LogP contribution in [-0.4, -0.2) is 6.10 Å². The first-order valence-corrected chi connectivity index (χ1v) is 8.60. The molecule has 2 aromatic rings. The van der Waals surface area contributed by atoms with Crippen molar-refractivity contribution < 1.29 is 4.74 Å². The molecule has 0 aliphatic carbocycles. The van der Waals surface area contributed by atoms with Crippen LogP contribution in [0.5, 0.6) is 0 Å². The summed E-state index contributed by atoms with van der Waals surface area (Å²) in [7, 11) is 0. The SMILES string of the molecule is C=CC[C@@H](CCc1ccccc1)O[C@H](CC)c1ccccc1C. The minimum atomic E-state index is 0.164. The van der Waals surface area contributed by atoms with Crippen molar-refractivity contribution in [2.24, 2.45) is 0 Å². The lowest BCUT2D eigenvalue weighted by Gasteiger charge is -2.25. The van der Waals surface area contributed by atoms with E-state index in [9.17, 15) is 0 Å². The summed E-state index contributed by atoms with van der Waals surface area (Å²) in [5.41, 5.74) is 3.98. The molecule has 1 nitrogen and oxygen atoms in total. The Morgan fingerprint density at radius 3 is 2.39 bits per heavy atom. The number of ether oxygens (including phenoxy) is 1. The largest absolute Gasteiger partial charge is 0.370 e. The van der Waals surface area contributed by atoms with E-state index in [2.05, 4.69) is 75.0 Å². The van der Waals surface area contributed by atoms with Crippen LogP contribution in [0.1, 0.15) is 49.0 Å². The van der Waals surface area contributed by atoms with Crippen LogP contribution in [0.2, 0.25) is 0 Å². The van der Waals surface area contributed by atoms with Gasteiger partial charge in [-0.25, -0.2) is 0 Å². The minimum Gasteiger partial charge on any atom is -0.370 e. The van der Waals surface area contributed by atoms with E-state index < -0.39 is 0 Å². The van der Waals surface area contributed by atoms with Gasteiger partial charge in [0.2, 0.25) is 0 Å². The van der Waals surface area contributed by atoms with Gasteiger partial charge in [0.25, 0.3) is 0 Å². The molecule has 0 aromatic heterocycles. The highest BCUT2D eigenvalue weighted by Crippen LogP contribution is 2.27. The molecule has 0 saturated heterocycles. The fraction of sp³-hybridized carbons (Fsp3) is 0.364. The van der Waals surface area contributed by atoms with Gasteiger partial charge in [0.15, 0.2) is 0 Å². The highest BCUT2D eigenvalue weighted by Gasteiger charge is 2.17. The molecule has 0 aliphatic rings. The molecule has 2 aromatic carbocycles. The van der Waals surface area contributed by atoms with Gasteiger partial charge in [0, 0.05) is 0 Å². The summed E-state index contributed by atoms with van der Waals surface area (Å²) >= 11 is 0. The third-order valence-corrected chi connectivity index (χ3v) is 4.29. The van der Waals surface area contributed by atoms with Gasteiger partial charge in [-0.1, -0.05) is 67.6 Å². The predicted molar refractivity (Wildman–Crippen MR) is 98.7 cm³/mol. The molecule has 0 heterocycles. The highest BCUT2D eigenvalue weighted by atomic mass is 16.5. The molecule has 0 N–H and O–H groups in total. The van der Waals surface area contributed by atoms with Crippen LogP contribution in [0.3, 0.4) is 0 Å². The second-order valence-electron chi connectivity index (χ2n) is 6.06. The molecular formula is C22H28O. The molecule has 2 rings (SSSR count). The maximum atomic E-state index is 6.46. The number of aryl methyl sites for hydroxylation is 2. The molecule has 0 aliphatic heterocycles. The lowest BCUT2D eigenvalue weighted by molar-refractivity contribution is -0.0180. The van der Waals surface area contributed by atoms with Crippen molar-refractivity contribution in [2.75, 3.05) is 0 Å². The molecule has 23 heavy (non-hydrogen) atoms. The molecular weight excluding hydrogens is 280 g/mol. The molecule has 0 fully saturated rings. The van der Waals surface area contributed by atoms with Crippen LogP contribution < -0.4 is 0 Å². The van der Waals surface area contributed by atoms with Crippen LogP contribution in [0.15, 0.2) is 67.3 Å². The van der Waals surface area contributed by atoms with Gasteiger partial charge in [0.1, 0.15) is 0 Å². The van der Waals surface area contributed by atoms with Gasteiger partial charge >= 0.3 is 0 Å². The van der Waals surface area contributed by atoms with E-state index in [1.165, 1.54) is 16.7 Å². The Hall–Kier alpha value is -1.86. The van der Waals surface area contributed by atoms with Crippen LogP contribution in [0, 0.1) is 6.92 Å². The van der Waals surface area contributed by atoms with Gasteiger partial charge in [-0.15, -0.1) is 6.58 Å². The van der Waals surface area contributed by atoms with Gasteiger partial charge < -0.3 is 4.74 Å². The topological polar surface area (TPSA) is 9.23 Å². The van der Waals surface area contributed by atoms with E-state index in [1.54, 1.807) is 0 Å². The Kier molecular flexibility index (Phi) is 7.09. The van der Waals surface area contributed by atoms with Crippen molar-refractivity contribution in [3.63, 3.8) is 0 Å². The van der Waals surface area contributed by atoms with Crippen LogP contribution in [-0.2, 0) is 11.2 Å². The highest BCUT2D eigenvalue weighted by molar-refractivity contribution is 5.27. The van der Waals surface area contributed by atoms with Crippen molar-refractivity contribution in [3.05, 3.63) is 83.9 Å². The van der Waals surface area contributed by atoms with Gasteiger partial charge in [-0.2, -0.15) is 0 Å². The third kappa shape index (κ3) is 5.37. The number of hydrogen-bond donors (Lipinski definition) is 0. The maximum absolute atomic E-state index is 6.46. The Morgan fingerprint density at radius 1 is 1.04 bits per heavy atom. The molecule has 0 radical (unpaired) electrons. The summed E-state index contributed by atoms with van der Waals surface area (Å²) in [5.74, 6) is 0. The fourth-order valence-electron chi connectivity index (χ4n) is 2.97. The monoisotopic (exact) mass is 308 g/mol. The van der Waals surface area contributed by atoms with Crippen molar-refractivity contribution in [3.8, 4) is 0 Å². The van der Waals surface area contributed by atoms with E-state index in [4.69, 9.17) is 4.74 Å². The second kappa shape index (κ2) is 9.32. The van der Waals surface area contributed by atoms with Crippen molar-refractivity contribution in [2.45, 2.75) is 51.7 Å². The van der Waals surface area contributed by atoms with Gasteiger partial charge in [0.05, 0.1) is 12.2 Å². The Bertz CT molecular complexity index is 588. The summed E-state index contributed by atoms with van der Waals surface area (Å²) < 4.78 is 6.46. The van der Waals surface area contributed by atoms with E-state index >= 15 is 0 Å². The second-order valence-corrected chi connectivity index (χ2v) is 6.06. The minimum absolute atomic E-state index is 0.164. The molecule has 0 bridgehead atoms. The number of benzene rings is 2. The average molecular weight is 308 g/mol. The summed E-state index contributed by atoms with van der Waals surface area (Å²) in [6.45, 7) is 8.25. The van der Waals surface area contributed by atoms with E-state index in [1.807, 2.05) is 6.08 Å². The molecule has 0 saturated carbocycles. The van der Waals surface area contributed by atoms with Crippen LogP contribution in [0.4, 0.5) is 0 Å². The van der Waals surface area contributed by atoms with Crippen molar-refractivity contribution in [1.29, 1.82) is 0 Å². The first kappa shape index (κ1) is 17.5. The van der Waals surface area contributed by atoms with Gasteiger partial charge in [-0.3, -0.25) is 0 Å². The summed E-state index contributed by atoms with van der Waals surface area (Å²) in [6.07, 6.45) is 6.32. The Morgan fingerprint density at radius 2 is 1.74 bits per heavy atom. The fourth-order valence-corrected chi connectivity index (χ4v) is 2.97. The zero-order chi connectivity index (χ0) is 16.5. The molecule has 122 valence electrons. The normalized spacial score (nSPS) is 13.5. The van der Waals surface area contributed by atoms with E-state index in [0.29, 0.717) is 0 Å². The lowest BCUT2D eigenvalue weighted by Crippen LogP contribution is -2.18. The number of rotatable bonds is 9. The molecule has 2 atom stereocenters. The Balaban J connectivity index is 2.02. The molecule has 0 spiro atoms. The molecule has 0 amide bonds. The maximum Gasteiger partial charge on any atom is 0.0828 e. The standard InChI is InChI=1S/C22H28O/c1-4-11-20(17-16-19-13-7-6-8-14-19)23-22(5-2)21-15-10-9-12-18(21)3/h4,6-10,12-15,20,22H,1,5,11,16-17H2,2-3H3/t20-,22+/m0/s1. The third-order valence-electron chi connectivity index (χ3n) is 4.29. The van der Waals surface area contributed by atoms with Crippen molar-refractivity contribution >= 4 is 0 Å². The summed E-state index contributed by atoms with van der Waals surface area (Å²) in [6, 6.07) is 19.2. The summed E-state index contributed by atoms with van der Waals surface area (Å²) in [5, 5.41) is 0. The first-order chi connectivity index (χ1) is 11.2.